The van der Waals surface area contributed by atoms with E-state index in [0.29, 0.717) is 30.5 Å². The molecule has 0 aromatic rings. The Morgan fingerprint density at radius 1 is 1.14 bits per heavy atom. The SMILES string of the molecule is C=CC1CCC1(NC(=O)C1CC(OC(=C)N=C2C=CC=CC2=C)CN1C(=O)C(C)C1CCCC1)C(=O)NS(=O)(=O)C1CC1. The number of ether oxygens (including phenoxy) is 1. The van der Waals surface area contributed by atoms with Gasteiger partial charge >= 0.3 is 0 Å². The average molecular weight is 611 g/mol. The molecular formula is C32H42N4O6S. The molecule has 232 valence electrons. The van der Waals surface area contributed by atoms with Gasteiger partial charge in [-0.1, -0.05) is 50.6 Å². The second-order valence-electron chi connectivity index (χ2n) is 12.5. The molecule has 1 aliphatic heterocycles. The number of amides is 3. The Labute approximate surface area is 254 Å². The minimum Gasteiger partial charge on any atom is -0.473 e. The molecule has 0 spiro atoms. The van der Waals surface area contributed by atoms with E-state index in [4.69, 9.17) is 4.74 Å². The number of nitrogens with one attached hydrogen (secondary N) is 2. The predicted molar refractivity (Wildman–Crippen MR) is 164 cm³/mol. The van der Waals surface area contributed by atoms with E-state index in [1.165, 1.54) is 0 Å². The van der Waals surface area contributed by atoms with Gasteiger partial charge in [0.25, 0.3) is 5.91 Å². The third kappa shape index (κ3) is 6.41. The molecule has 3 amide bonds. The van der Waals surface area contributed by atoms with Gasteiger partial charge in [0, 0.05) is 18.3 Å². The zero-order valence-corrected chi connectivity index (χ0v) is 25.6. The van der Waals surface area contributed by atoms with Crippen LogP contribution < -0.4 is 10.0 Å². The van der Waals surface area contributed by atoms with E-state index >= 15 is 0 Å². The van der Waals surface area contributed by atoms with Gasteiger partial charge in [-0.3, -0.25) is 19.1 Å². The molecule has 1 heterocycles. The Bertz CT molecular complexity index is 1400. The number of sulfonamides is 1. The van der Waals surface area contributed by atoms with Crippen molar-refractivity contribution < 1.29 is 27.5 Å². The number of hydrogen-bond acceptors (Lipinski definition) is 7. The number of hydrogen-bond donors (Lipinski definition) is 2. The van der Waals surface area contributed by atoms with Crippen molar-refractivity contribution in [2.24, 2.45) is 22.7 Å². The number of aliphatic imine (C=N–C) groups is 1. The first kappa shape index (κ1) is 31.0. The van der Waals surface area contributed by atoms with E-state index in [-0.39, 0.29) is 43.0 Å². The summed E-state index contributed by atoms with van der Waals surface area (Å²) in [6.45, 7) is 13.8. The van der Waals surface area contributed by atoms with Gasteiger partial charge in [-0.05, 0) is 62.7 Å². The van der Waals surface area contributed by atoms with Crippen LogP contribution in [0.5, 0.6) is 0 Å². The maximum atomic E-state index is 14.0. The van der Waals surface area contributed by atoms with Crippen LogP contribution in [0.15, 0.2) is 66.6 Å². The van der Waals surface area contributed by atoms with Crippen molar-refractivity contribution in [2.45, 2.75) is 87.6 Å². The van der Waals surface area contributed by atoms with Crippen molar-refractivity contribution in [1.29, 1.82) is 0 Å². The van der Waals surface area contributed by atoms with Gasteiger partial charge in [-0.25, -0.2) is 13.4 Å². The minimum atomic E-state index is -3.82. The van der Waals surface area contributed by atoms with Crippen molar-refractivity contribution in [3.63, 3.8) is 0 Å². The van der Waals surface area contributed by atoms with Gasteiger partial charge in [-0.15, -0.1) is 6.58 Å². The summed E-state index contributed by atoms with van der Waals surface area (Å²) in [5.74, 6) is -1.73. The summed E-state index contributed by atoms with van der Waals surface area (Å²) in [6, 6.07) is -0.912. The zero-order chi connectivity index (χ0) is 30.9. The lowest BCUT2D eigenvalue weighted by Gasteiger charge is -2.47. The molecule has 0 aromatic carbocycles. The van der Waals surface area contributed by atoms with E-state index in [1.807, 2.05) is 25.2 Å². The highest BCUT2D eigenvalue weighted by Crippen LogP contribution is 2.41. The van der Waals surface area contributed by atoms with Crippen molar-refractivity contribution in [3.8, 4) is 0 Å². The molecular weight excluding hydrogens is 568 g/mol. The van der Waals surface area contributed by atoms with Gasteiger partial charge in [-0.2, -0.15) is 0 Å². The quantitative estimate of drug-likeness (QED) is 0.272. The Balaban J connectivity index is 1.35. The number of carbonyl (C=O) groups is 3. The van der Waals surface area contributed by atoms with Gasteiger partial charge < -0.3 is 15.0 Å². The second kappa shape index (κ2) is 12.3. The van der Waals surface area contributed by atoms with E-state index in [2.05, 4.69) is 34.8 Å². The van der Waals surface area contributed by atoms with Gasteiger partial charge in [0.05, 0.1) is 17.5 Å². The summed E-state index contributed by atoms with van der Waals surface area (Å²) in [5.41, 5.74) is -0.137. The van der Waals surface area contributed by atoms with Crippen LogP contribution in [0.2, 0.25) is 0 Å². The number of likely N-dealkylation sites (tertiary alicyclic amines) is 1. The molecule has 4 fully saturated rings. The first-order valence-electron chi connectivity index (χ1n) is 15.2. The monoisotopic (exact) mass is 610 g/mol. The van der Waals surface area contributed by atoms with Crippen LogP contribution in [-0.2, 0) is 29.1 Å². The van der Waals surface area contributed by atoms with Crippen LogP contribution in [0.4, 0.5) is 0 Å². The summed E-state index contributed by atoms with van der Waals surface area (Å²) >= 11 is 0. The second-order valence-corrected chi connectivity index (χ2v) is 14.4. The van der Waals surface area contributed by atoms with E-state index in [1.54, 1.807) is 17.1 Å². The average Bonchev–Trinajstić information content (AvgIpc) is 3.53. The fraction of sp³-hybridized carbons (Fsp3) is 0.562. The number of carbonyl (C=O) groups excluding carboxylic acids is 3. The smallest absolute Gasteiger partial charge is 0.259 e. The molecule has 5 unspecified atom stereocenters. The van der Waals surface area contributed by atoms with Crippen LogP contribution in [-0.4, -0.2) is 66.2 Å². The Kier molecular flexibility index (Phi) is 8.83. The Hall–Kier alpha value is -3.47. The molecule has 5 aliphatic rings. The normalized spacial score (nSPS) is 30.5. The van der Waals surface area contributed by atoms with Crippen LogP contribution >= 0.6 is 0 Å². The molecule has 0 radical (unpaired) electrons. The molecule has 5 atom stereocenters. The van der Waals surface area contributed by atoms with Gasteiger partial charge in [0.1, 0.15) is 17.7 Å². The Morgan fingerprint density at radius 3 is 2.44 bits per heavy atom. The molecule has 2 N–H and O–H groups in total. The highest BCUT2D eigenvalue weighted by atomic mass is 32.2. The first-order chi connectivity index (χ1) is 20.4. The fourth-order valence-electron chi connectivity index (χ4n) is 6.67. The van der Waals surface area contributed by atoms with Gasteiger partial charge in [0.15, 0.2) is 0 Å². The topological polar surface area (TPSA) is 134 Å². The van der Waals surface area contributed by atoms with E-state index < -0.39 is 50.7 Å². The first-order valence-corrected chi connectivity index (χ1v) is 16.8. The van der Waals surface area contributed by atoms with Crippen molar-refractivity contribution in [1.82, 2.24) is 14.9 Å². The number of allylic oxidation sites excluding steroid dienone is 5. The standard InChI is InChI=1S/C32H42N4O6S/c1-5-24-16-17-32(24,31(39)35-43(40,41)26-14-15-26)34-29(37)28-18-25(42-22(4)33-27-13-9-6-10-20(27)2)19-36(28)30(38)21(3)23-11-7-8-12-23/h5-6,9-10,13,21,23-26,28H,1-2,4,7-8,11-12,14-19H2,3H3,(H,34,37)(H,35,39). The molecule has 0 aromatic heterocycles. The summed E-state index contributed by atoms with van der Waals surface area (Å²) < 4.78 is 33.5. The maximum Gasteiger partial charge on any atom is 0.259 e. The fourth-order valence-corrected chi connectivity index (χ4v) is 8.03. The molecule has 0 bridgehead atoms. The number of nitrogens with zero attached hydrogens (tertiary/aromatic N) is 2. The van der Waals surface area contributed by atoms with Crippen LogP contribution in [0.25, 0.3) is 0 Å². The lowest BCUT2D eigenvalue weighted by Crippen LogP contribution is -2.70. The van der Waals surface area contributed by atoms with Crippen molar-refractivity contribution >= 4 is 33.5 Å². The highest BCUT2D eigenvalue weighted by Gasteiger charge is 2.56. The van der Waals surface area contributed by atoms with Gasteiger partial charge in [0.2, 0.25) is 27.7 Å². The summed E-state index contributed by atoms with van der Waals surface area (Å²) in [7, 11) is -3.82. The summed E-state index contributed by atoms with van der Waals surface area (Å²) in [6.07, 6.45) is 14.5. The maximum absolute atomic E-state index is 14.0. The van der Waals surface area contributed by atoms with Crippen LogP contribution in [0, 0.1) is 17.8 Å². The molecule has 43 heavy (non-hydrogen) atoms. The predicted octanol–water partition coefficient (Wildman–Crippen LogP) is 3.45. The third-order valence-corrected chi connectivity index (χ3v) is 11.4. The molecule has 1 saturated heterocycles. The number of rotatable bonds is 11. The molecule has 4 aliphatic carbocycles. The summed E-state index contributed by atoms with van der Waals surface area (Å²) in [5, 5.41) is 2.29. The largest absolute Gasteiger partial charge is 0.473 e. The lowest BCUT2D eigenvalue weighted by atomic mass is 9.66. The minimum absolute atomic E-state index is 0.132. The van der Waals surface area contributed by atoms with E-state index in [9.17, 15) is 22.8 Å². The molecule has 10 nitrogen and oxygen atoms in total. The van der Waals surface area contributed by atoms with E-state index in [0.717, 1.165) is 25.7 Å². The van der Waals surface area contributed by atoms with Crippen molar-refractivity contribution in [2.75, 3.05) is 6.54 Å². The molecule has 11 heteroatoms. The summed E-state index contributed by atoms with van der Waals surface area (Å²) in [4.78, 5) is 47.3. The Morgan fingerprint density at radius 2 is 1.84 bits per heavy atom. The molecule has 3 saturated carbocycles. The highest BCUT2D eigenvalue weighted by molar-refractivity contribution is 7.91. The van der Waals surface area contributed by atoms with Crippen molar-refractivity contribution in [3.05, 3.63) is 61.6 Å². The lowest BCUT2D eigenvalue weighted by molar-refractivity contribution is -0.146. The van der Waals surface area contributed by atoms with Crippen LogP contribution in [0.1, 0.15) is 64.7 Å². The third-order valence-electron chi connectivity index (χ3n) is 9.60. The zero-order valence-electron chi connectivity index (χ0n) is 24.8. The van der Waals surface area contributed by atoms with Crippen LogP contribution in [0.3, 0.4) is 0 Å². The molecule has 5 rings (SSSR count).